The van der Waals surface area contributed by atoms with Crippen molar-refractivity contribution in [3.05, 3.63) is 11.9 Å². The van der Waals surface area contributed by atoms with E-state index < -0.39 is 0 Å². The molecule has 4 nitrogen and oxygen atoms in total. The summed E-state index contributed by atoms with van der Waals surface area (Å²) in [6.45, 7) is 7.50. The molecule has 0 bridgehead atoms. The largest absolute Gasteiger partial charge is 0.377 e. The third-order valence-electron chi connectivity index (χ3n) is 1.74. The first kappa shape index (κ1) is 11.7. The summed E-state index contributed by atoms with van der Waals surface area (Å²) in [5.74, 6) is 0. The van der Waals surface area contributed by atoms with E-state index >= 15 is 0 Å². The minimum atomic E-state index is 0.252. The van der Waals surface area contributed by atoms with E-state index in [-0.39, 0.29) is 10.9 Å². The number of alkyl halides is 1. The van der Waals surface area contributed by atoms with Crippen LogP contribution in [0.15, 0.2) is 6.20 Å². The second-order valence-corrected chi connectivity index (χ2v) is 4.82. The van der Waals surface area contributed by atoms with E-state index in [4.69, 9.17) is 4.74 Å². The molecule has 5 heteroatoms. The highest BCUT2D eigenvalue weighted by molar-refractivity contribution is 9.09. The van der Waals surface area contributed by atoms with E-state index in [0.717, 1.165) is 12.2 Å². The molecule has 1 aromatic heterocycles. The van der Waals surface area contributed by atoms with Gasteiger partial charge in [0.2, 0.25) is 0 Å². The lowest BCUT2D eigenvalue weighted by Gasteiger charge is -2.06. The van der Waals surface area contributed by atoms with E-state index in [0.29, 0.717) is 6.61 Å². The molecular formula is C9H16BrN3O. The molecule has 0 spiro atoms. The molecule has 1 unspecified atom stereocenters. The van der Waals surface area contributed by atoms with Crippen LogP contribution in [0.5, 0.6) is 0 Å². The number of hydrogen-bond acceptors (Lipinski definition) is 3. The quantitative estimate of drug-likeness (QED) is 0.763. The summed E-state index contributed by atoms with van der Waals surface area (Å²) in [5.41, 5.74) is 0.953. The summed E-state index contributed by atoms with van der Waals surface area (Å²) in [6.07, 6.45) is 2.21. The van der Waals surface area contributed by atoms with Gasteiger partial charge in [0.15, 0.2) is 0 Å². The van der Waals surface area contributed by atoms with Gasteiger partial charge in [-0.2, -0.15) is 0 Å². The summed E-state index contributed by atoms with van der Waals surface area (Å²) in [5, 5.41) is 8.01. The summed E-state index contributed by atoms with van der Waals surface area (Å²) in [7, 11) is 0. The monoisotopic (exact) mass is 261 g/mol. The first-order valence-corrected chi connectivity index (χ1v) is 5.67. The van der Waals surface area contributed by atoms with Gasteiger partial charge < -0.3 is 4.74 Å². The minimum absolute atomic E-state index is 0.252. The first-order valence-electron chi connectivity index (χ1n) is 4.75. The van der Waals surface area contributed by atoms with Gasteiger partial charge in [-0.05, 0) is 20.8 Å². The van der Waals surface area contributed by atoms with Crippen LogP contribution in [-0.4, -0.2) is 27.7 Å². The van der Waals surface area contributed by atoms with E-state index in [1.54, 1.807) is 4.68 Å². The average Bonchev–Trinajstić information content (AvgIpc) is 2.52. The normalized spacial score (nSPS) is 13.5. The Morgan fingerprint density at radius 1 is 1.50 bits per heavy atom. The molecule has 1 aromatic rings. The Morgan fingerprint density at radius 3 is 2.71 bits per heavy atom. The molecule has 0 N–H and O–H groups in total. The molecule has 0 amide bonds. The van der Waals surface area contributed by atoms with Crippen LogP contribution in [0.25, 0.3) is 0 Å². The number of aromatic nitrogens is 3. The molecule has 14 heavy (non-hydrogen) atoms. The summed E-state index contributed by atoms with van der Waals surface area (Å²) in [4.78, 5) is 0.252. The highest BCUT2D eigenvalue weighted by atomic mass is 79.9. The molecule has 1 rings (SSSR count). The van der Waals surface area contributed by atoms with Crippen LogP contribution in [-0.2, 0) is 11.3 Å². The molecule has 0 aliphatic heterocycles. The van der Waals surface area contributed by atoms with Crippen molar-refractivity contribution < 1.29 is 4.74 Å². The molecule has 0 saturated carbocycles. The van der Waals surface area contributed by atoms with Gasteiger partial charge in [0.1, 0.15) is 0 Å². The molecular weight excluding hydrogens is 246 g/mol. The SMILES string of the molecule is CC(C)OCCn1cc(C(C)Br)nn1. The Morgan fingerprint density at radius 2 is 2.21 bits per heavy atom. The van der Waals surface area contributed by atoms with Gasteiger partial charge in [0.25, 0.3) is 0 Å². The molecule has 0 aliphatic carbocycles. The Kier molecular flexibility index (Phi) is 4.54. The second kappa shape index (κ2) is 5.46. The summed E-state index contributed by atoms with van der Waals surface area (Å²) < 4.78 is 7.22. The zero-order chi connectivity index (χ0) is 10.6. The Hall–Kier alpha value is -0.420. The molecule has 0 saturated heterocycles. The van der Waals surface area contributed by atoms with Crippen molar-refractivity contribution in [2.45, 2.75) is 38.2 Å². The maximum Gasteiger partial charge on any atom is 0.0960 e. The lowest BCUT2D eigenvalue weighted by molar-refractivity contribution is 0.0707. The van der Waals surface area contributed by atoms with Gasteiger partial charge in [-0.25, -0.2) is 4.68 Å². The predicted molar refractivity (Wildman–Crippen MR) is 58.5 cm³/mol. The van der Waals surface area contributed by atoms with Crippen molar-refractivity contribution in [1.29, 1.82) is 0 Å². The molecule has 1 atom stereocenters. The maximum absolute atomic E-state index is 5.42. The molecule has 0 aliphatic rings. The Bertz CT molecular complexity index is 273. The number of hydrogen-bond donors (Lipinski definition) is 0. The highest BCUT2D eigenvalue weighted by Gasteiger charge is 2.05. The fourth-order valence-electron chi connectivity index (χ4n) is 0.987. The lowest BCUT2D eigenvalue weighted by atomic mass is 10.4. The van der Waals surface area contributed by atoms with Gasteiger partial charge in [-0.1, -0.05) is 21.1 Å². The first-order chi connectivity index (χ1) is 6.59. The lowest BCUT2D eigenvalue weighted by Crippen LogP contribution is -2.10. The van der Waals surface area contributed by atoms with Crippen molar-refractivity contribution in [2.75, 3.05) is 6.61 Å². The van der Waals surface area contributed by atoms with Gasteiger partial charge in [0.05, 0.1) is 29.8 Å². The smallest absolute Gasteiger partial charge is 0.0960 e. The fourth-order valence-corrected chi connectivity index (χ4v) is 1.20. The Labute approximate surface area is 92.8 Å². The molecule has 1 heterocycles. The van der Waals surface area contributed by atoms with Crippen molar-refractivity contribution in [3.63, 3.8) is 0 Å². The predicted octanol–water partition coefficient (Wildman–Crippen LogP) is 2.16. The van der Waals surface area contributed by atoms with Crippen LogP contribution in [0.3, 0.4) is 0 Å². The number of nitrogens with zero attached hydrogens (tertiary/aromatic N) is 3. The van der Waals surface area contributed by atoms with Gasteiger partial charge >= 0.3 is 0 Å². The molecule has 0 aromatic carbocycles. The fraction of sp³-hybridized carbons (Fsp3) is 0.778. The summed E-state index contributed by atoms with van der Waals surface area (Å²) in [6, 6.07) is 0. The van der Waals surface area contributed by atoms with E-state index in [1.807, 2.05) is 27.0 Å². The van der Waals surface area contributed by atoms with Crippen LogP contribution >= 0.6 is 15.9 Å². The van der Waals surface area contributed by atoms with Gasteiger partial charge in [-0.15, -0.1) is 5.10 Å². The van der Waals surface area contributed by atoms with E-state index in [9.17, 15) is 0 Å². The average molecular weight is 262 g/mol. The van der Waals surface area contributed by atoms with Gasteiger partial charge in [-0.3, -0.25) is 0 Å². The topological polar surface area (TPSA) is 39.9 Å². The van der Waals surface area contributed by atoms with Crippen LogP contribution in [0.4, 0.5) is 0 Å². The molecule has 0 radical (unpaired) electrons. The standard InChI is InChI=1S/C9H16BrN3O/c1-7(2)14-5-4-13-6-9(8(3)10)11-12-13/h6-8H,4-5H2,1-3H3. The highest BCUT2D eigenvalue weighted by Crippen LogP contribution is 2.17. The van der Waals surface area contributed by atoms with Gasteiger partial charge in [0, 0.05) is 6.20 Å². The second-order valence-electron chi connectivity index (χ2n) is 3.44. The Balaban J connectivity index is 2.36. The molecule has 80 valence electrons. The number of rotatable bonds is 5. The zero-order valence-electron chi connectivity index (χ0n) is 8.77. The van der Waals surface area contributed by atoms with Crippen molar-refractivity contribution in [3.8, 4) is 0 Å². The maximum atomic E-state index is 5.42. The van der Waals surface area contributed by atoms with E-state index in [1.165, 1.54) is 0 Å². The van der Waals surface area contributed by atoms with Crippen molar-refractivity contribution in [2.24, 2.45) is 0 Å². The van der Waals surface area contributed by atoms with E-state index in [2.05, 4.69) is 26.2 Å². The number of halogens is 1. The number of ether oxygens (including phenoxy) is 1. The minimum Gasteiger partial charge on any atom is -0.377 e. The van der Waals surface area contributed by atoms with Crippen LogP contribution < -0.4 is 0 Å². The van der Waals surface area contributed by atoms with Crippen LogP contribution in [0.2, 0.25) is 0 Å². The summed E-state index contributed by atoms with van der Waals surface area (Å²) >= 11 is 3.44. The third kappa shape index (κ3) is 3.75. The van der Waals surface area contributed by atoms with Crippen molar-refractivity contribution >= 4 is 15.9 Å². The molecule has 0 fully saturated rings. The van der Waals surface area contributed by atoms with Crippen LogP contribution in [0, 0.1) is 0 Å². The zero-order valence-corrected chi connectivity index (χ0v) is 10.4. The van der Waals surface area contributed by atoms with Crippen LogP contribution in [0.1, 0.15) is 31.3 Å². The van der Waals surface area contributed by atoms with Crippen molar-refractivity contribution in [1.82, 2.24) is 15.0 Å². The third-order valence-corrected chi connectivity index (χ3v) is 2.20.